The second-order valence-corrected chi connectivity index (χ2v) is 5.16. The maximum Gasteiger partial charge on any atom is 0.233 e. The average molecular weight is 215 g/mol. The van der Waals surface area contributed by atoms with E-state index in [1.54, 1.807) is 0 Å². The van der Waals surface area contributed by atoms with E-state index in [2.05, 4.69) is 12.2 Å². The van der Waals surface area contributed by atoms with Crippen molar-refractivity contribution in [2.45, 2.75) is 50.7 Å². The highest BCUT2D eigenvalue weighted by molar-refractivity contribution is 8.00. The van der Waals surface area contributed by atoms with Crippen LogP contribution < -0.4 is 5.32 Å². The molecule has 1 rings (SSSR count). The Morgan fingerprint density at radius 2 is 2.14 bits per heavy atom. The van der Waals surface area contributed by atoms with Gasteiger partial charge in [0, 0.05) is 12.3 Å². The SMILES string of the molecule is CCCCCCCC1SCCNC1=O. The van der Waals surface area contributed by atoms with Crippen molar-refractivity contribution in [2.75, 3.05) is 12.3 Å². The van der Waals surface area contributed by atoms with Gasteiger partial charge < -0.3 is 5.32 Å². The number of hydrogen-bond donors (Lipinski definition) is 1. The van der Waals surface area contributed by atoms with Gasteiger partial charge in [0.15, 0.2) is 0 Å². The second-order valence-electron chi connectivity index (χ2n) is 3.85. The van der Waals surface area contributed by atoms with E-state index in [4.69, 9.17) is 0 Å². The molecule has 0 aliphatic carbocycles. The first-order valence-electron chi connectivity index (χ1n) is 5.74. The number of nitrogens with one attached hydrogen (secondary N) is 1. The third-order valence-corrected chi connectivity index (χ3v) is 3.87. The number of rotatable bonds is 6. The summed E-state index contributed by atoms with van der Waals surface area (Å²) in [4.78, 5) is 11.4. The second kappa shape index (κ2) is 7.16. The molecule has 1 unspecified atom stereocenters. The molecule has 1 aliphatic rings. The van der Waals surface area contributed by atoms with Gasteiger partial charge in [-0.1, -0.05) is 39.0 Å². The maximum atomic E-state index is 11.4. The Labute approximate surface area is 91.2 Å². The van der Waals surface area contributed by atoms with E-state index >= 15 is 0 Å². The molecular formula is C11H21NOS. The van der Waals surface area contributed by atoms with Gasteiger partial charge in [0.25, 0.3) is 0 Å². The molecule has 82 valence electrons. The summed E-state index contributed by atoms with van der Waals surface area (Å²) in [5.41, 5.74) is 0. The van der Waals surface area contributed by atoms with E-state index in [1.165, 1.54) is 32.1 Å². The zero-order chi connectivity index (χ0) is 10.2. The Bertz CT molecular complexity index is 173. The molecule has 1 amide bonds. The number of carbonyl (C=O) groups excluding carboxylic acids is 1. The molecule has 3 heteroatoms. The minimum absolute atomic E-state index is 0.241. The lowest BCUT2D eigenvalue weighted by Crippen LogP contribution is -2.39. The fourth-order valence-electron chi connectivity index (χ4n) is 1.71. The van der Waals surface area contributed by atoms with Crippen LogP contribution in [0.25, 0.3) is 0 Å². The number of carbonyl (C=O) groups is 1. The van der Waals surface area contributed by atoms with Crippen LogP contribution in [-0.4, -0.2) is 23.5 Å². The molecule has 0 aromatic carbocycles. The van der Waals surface area contributed by atoms with Crippen molar-refractivity contribution in [3.05, 3.63) is 0 Å². The summed E-state index contributed by atoms with van der Waals surface area (Å²) in [7, 11) is 0. The van der Waals surface area contributed by atoms with Gasteiger partial charge in [-0.05, 0) is 6.42 Å². The third-order valence-electron chi connectivity index (χ3n) is 2.58. The minimum Gasteiger partial charge on any atom is -0.354 e. The first-order valence-corrected chi connectivity index (χ1v) is 6.78. The van der Waals surface area contributed by atoms with Crippen molar-refractivity contribution in [3.63, 3.8) is 0 Å². The standard InChI is InChI=1S/C11H21NOS/c1-2-3-4-5-6-7-10-11(13)12-8-9-14-10/h10H,2-9H2,1H3,(H,12,13). The van der Waals surface area contributed by atoms with E-state index in [-0.39, 0.29) is 11.2 Å². The van der Waals surface area contributed by atoms with Crippen LogP contribution in [0.5, 0.6) is 0 Å². The molecule has 1 fully saturated rings. The molecule has 1 aliphatic heterocycles. The summed E-state index contributed by atoms with van der Waals surface area (Å²) in [5, 5.41) is 3.17. The van der Waals surface area contributed by atoms with E-state index < -0.39 is 0 Å². The van der Waals surface area contributed by atoms with E-state index in [9.17, 15) is 4.79 Å². The molecular weight excluding hydrogens is 194 g/mol. The predicted octanol–water partition coefficient (Wildman–Crippen LogP) is 2.58. The largest absolute Gasteiger partial charge is 0.354 e. The minimum atomic E-state index is 0.241. The first kappa shape index (κ1) is 11.9. The van der Waals surface area contributed by atoms with Crippen LogP contribution in [0.1, 0.15) is 45.4 Å². The van der Waals surface area contributed by atoms with Crippen LogP contribution >= 0.6 is 11.8 Å². The molecule has 1 saturated heterocycles. The molecule has 1 N–H and O–H groups in total. The number of amides is 1. The Hall–Kier alpha value is -0.180. The summed E-state index contributed by atoms with van der Waals surface area (Å²) < 4.78 is 0. The Morgan fingerprint density at radius 1 is 1.36 bits per heavy atom. The monoisotopic (exact) mass is 215 g/mol. The predicted molar refractivity (Wildman–Crippen MR) is 62.6 cm³/mol. The molecule has 0 aromatic rings. The highest BCUT2D eigenvalue weighted by atomic mass is 32.2. The fraction of sp³-hybridized carbons (Fsp3) is 0.909. The van der Waals surface area contributed by atoms with Crippen molar-refractivity contribution in [3.8, 4) is 0 Å². The fourth-order valence-corrected chi connectivity index (χ4v) is 2.79. The van der Waals surface area contributed by atoms with Crippen molar-refractivity contribution in [2.24, 2.45) is 0 Å². The van der Waals surface area contributed by atoms with Crippen molar-refractivity contribution >= 4 is 17.7 Å². The van der Waals surface area contributed by atoms with Crippen molar-refractivity contribution in [1.82, 2.24) is 5.32 Å². The van der Waals surface area contributed by atoms with Gasteiger partial charge in [0.2, 0.25) is 5.91 Å². The zero-order valence-electron chi connectivity index (χ0n) is 9.05. The molecule has 0 bridgehead atoms. The van der Waals surface area contributed by atoms with Gasteiger partial charge >= 0.3 is 0 Å². The molecule has 14 heavy (non-hydrogen) atoms. The van der Waals surface area contributed by atoms with Crippen LogP contribution in [0.3, 0.4) is 0 Å². The Kier molecular flexibility index (Phi) is 6.08. The lowest BCUT2D eigenvalue weighted by atomic mass is 10.1. The highest BCUT2D eigenvalue weighted by Gasteiger charge is 2.21. The van der Waals surface area contributed by atoms with E-state index in [1.807, 2.05) is 11.8 Å². The first-order chi connectivity index (χ1) is 6.84. The third kappa shape index (κ3) is 4.36. The smallest absolute Gasteiger partial charge is 0.233 e. The lowest BCUT2D eigenvalue weighted by Gasteiger charge is -2.21. The summed E-state index contributed by atoms with van der Waals surface area (Å²) in [6.45, 7) is 3.08. The lowest BCUT2D eigenvalue weighted by molar-refractivity contribution is -0.120. The summed E-state index contributed by atoms with van der Waals surface area (Å²) in [6.07, 6.45) is 7.53. The normalized spacial score (nSPS) is 22.1. The van der Waals surface area contributed by atoms with Crippen LogP contribution in [0.4, 0.5) is 0 Å². The van der Waals surface area contributed by atoms with Crippen LogP contribution in [0.15, 0.2) is 0 Å². The van der Waals surface area contributed by atoms with Crippen LogP contribution in [0, 0.1) is 0 Å². The average Bonchev–Trinajstić information content (AvgIpc) is 2.20. The maximum absolute atomic E-state index is 11.4. The van der Waals surface area contributed by atoms with Gasteiger partial charge in [0.1, 0.15) is 0 Å². The van der Waals surface area contributed by atoms with Gasteiger partial charge in [-0.3, -0.25) is 4.79 Å². The summed E-state index contributed by atoms with van der Waals surface area (Å²) >= 11 is 1.82. The van der Waals surface area contributed by atoms with Gasteiger partial charge in [-0.25, -0.2) is 0 Å². The Balaban J connectivity index is 2.02. The van der Waals surface area contributed by atoms with E-state index in [0.717, 1.165) is 18.7 Å². The van der Waals surface area contributed by atoms with Crippen molar-refractivity contribution < 1.29 is 4.79 Å². The molecule has 0 radical (unpaired) electrons. The molecule has 1 heterocycles. The molecule has 0 saturated carbocycles. The molecule has 0 spiro atoms. The van der Waals surface area contributed by atoms with Crippen LogP contribution in [0.2, 0.25) is 0 Å². The van der Waals surface area contributed by atoms with E-state index in [0.29, 0.717) is 0 Å². The van der Waals surface area contributed by atoms with Crippen molar-refractivity contribution in [1.29, 1.82) is 0 Å². The quantitative estimate of drug-likeness (QED) is 0.690. The van der Waals surface area contributed by atoms with Gasteiger partial charge in [0.05, 0.1) is 5.25 Å². The topological polar surface area (TPSA) is 29.1 Å². The summed E-state index contributed by atoms with van der Waals surface area (Å²) in [5.74, 6) is 1.35. The summed E-state index contributed by atoms with van der Waals surface area (Å²) in [6, 6.07) is 0. The number of hydrogen-bond acceptors (Lipinski definition) is 2. The molecule has 0 aromatic heterocycles. The van der Waals surface area contributed by atoms with Crippen LogP contribution in [-0.2, 0) is 4.79 Å². The molecule has 1 atom stereocenters. The Morgan fingerprint density at radius 3 is 2.86 bits per heavy atom. The van der Waals surface area contributed by atoms with Gasteiger partial charge in [-0.15, -0.1) is 11.8 Å². The number of thioether (sulfide) groups is 1. The number of unbranched alkanes of at least 4 members (excludes halogenated alkanes) is 4. The van der Waals surface area contributed by atoms with Gasteiger partial charge in [-0.2, -0.15) is 0 Å². The highest BCUT2D eigenvalue weighted by Crippen LogP contribution is 2.20. The zero-order valence-corrected chi connectivity index (χ0v) is 9.87. The molecule has 2 nitrogen and oxygen atoms in total.